The molecule has 0 aliphatic rings. The molecule has 0 spiro atoms. The van der Waals surface area contributed by atoms with E-state index in [1.54, 1.807) is 0 Å². The summed E-state index contributed by atoms with van der Waals surface area (Å²) < 4.78 is 10.8. The van der Waals surface area contributed by atoms with Gasteiger partial charge in [-0.3, -0.25) is 4.79 Å². The van der Waals surface area contributed by atoms with Crippen molar-refractivity contribution in [1.82, 2.24) is 0 Å². The number of esters is 1. The lowest BCUT2D eigenvalue weighted by molar-refractivity contribution is -0.168. The topological polar surface area (TPSA) is 35.5 Å². The first-order chi connectivity index (χ1) is 7.65. The molecule has 1 atom stereocenters. The lowest BCUT2D eigenvalue weighted by Crippen LogP contribution is -2.45. The lowest BCUT2D eigenvalue weighted by atomic mass is 9.68. The largest absolute Gasteiger partial charge is 0.465 e. The molecule has 0 saturated carbocycles. The van der Waals surface area contributed by atoms with Crippen LogP contribution in [-0.2, 0) is 14.3 Å². The summed E-state index contributed by atoms with van der Waals surface area (Å²) in [5, 5.41) is 0. The molecule has 0 amide bonds. The standard InChI is InChI=1S/C14H28O3/c1-8-16-10-14(7,13(4,5)6)12(15)17-9-11(2)3/h11H,8-10H2,1-7H3. The molecule has 0 bridgehead atoms. The van der Waals surface area contributed by atoms with Crippen molar-refractivity contribution in [2.24, 2.45) is 16.7 Å². The van der Waals surface area contributed by atoms with Crippen LogP contribution in [0.5, 0.6) is 0 Å². The Kier molecular flexibility index (Phi) is 6.17. The Labute approximate surface area is 106 Å². The fourth-order valence-corrected chi connectivity index (χ4v) is 1.29. The summed E-state index contributed by atoms with van der Waals surface area (Å²) >= 11 is 0. The number of carbonyl (C=O) groups is 1. The zero-order valence-corrected chi connectivity index (χ0v) is 12.4. The molecule has 3 heteroatoms. The third kappa shape index (κ3) is 4.66. The van der Waals surface area contributed by atoms with Gasteiger partial charge in [0.1, 0.15) is 0 Å². The fraction of sp³-hybridized carbons (Fsp3) is 0.929. The molecule has 0 aromatic heterocycles. The van der Waals surface area contributed by atoms with Gasteiger partial charge in [-0.15, -0.1) is 0 Å². The van der Waals surface area contributed by atoms with Gasteiger partial charge in [-0.1, -0.05) is 34.6 Å². The Hall–Kier alpha value is -0.570. The van der Waals surface area contributed by atoms with Gasteiger partial charge in [0, 0.05) is 6.61 Å². The minimum absolute atomic E-state index is 0.160. The Balaban J connectivity index is 4.74. The van der Waals surface area contributed by atoms with E-state index in [0.717, 1.165) is 0 Å². The Morgan fingerprint density at radius 3 is 2.06 bits per heavy atom. The van der Waals surface area contributed by atoms with Crippen LogP contribution >= 0.6 is 0 Å². The normalized spacial score (nSPS) is 15.8. The van der Waals surface area contributed by atoms with E-state index in [1.165, 1.54) is 0 Å². The molecule has 0 rings (SSSR count). The molecule has 0 radical (unpaired) electrons. The molecule has 0 heterocycles. The van der Waals surface area contributed by atoms with Gasteiger partial charge < -0.3 is 9.47 Å². The van der Waals surface area contributed by atoms with Crippen LogP contribution in [0.2, 0.25) is 0 Å². The first kappa shape index (κ1) is 16.4. The van der Waals surface area contributed by atoms with E-state index in [1.807, 2.05) is 48.5 Å². The van der Waals surface area contributed by atoms with Crippen LogP contribution in [0.3, 0.4) is 0 Å². The summed E-state index contributed by atoms with van der Waals surface area (Å²) in [5.74, 6) is 0.197. The molecule has 0 aromatic rings. The highest BCUT2D eigenvalue weighted by Crippen LogP contribution is 2.39. The van der Waals surface area contributed by atoms with Gasteiger partial charge in [-0.25, -0.2) is 0 Å². The van der Waals surface area contributed by atoms with E-state index in [2.05, 4.69) is 0 Å². The quantitative estimate of drug-likeness (QED) is 0.673. The van der Waals surface area contributed by atoms with Gasteiger partial charge in [0.15, 0.2) is 0 Å². The minimum atomic E-state index is -0.599. The highest BCUT2D eigenvalue weighted by Gasteiger charge is 2.46. The number of rotatable bonds is 6. The molecule has 1 unspecified atom stereocenters. The second kappa shape index (κ2) is 6.39. The summed E-state index contributed by atoms with van der Waals surface area (Å²) in [6.07, 6.45) is 0. The summed E-state index contributed by atoms with van der Waals surface area (Å²) in [6, 6.07) is 0. The Bertz CT molecular complexity index is 240. The van der Waals surface area contributed by atoms with Crippen molar-refractivity contribution in [3.63, 3.8) is 0 Å². The summed E-state index contributed by atoms with van der Waals surface area (Å²) in [4.78, 5) is 12.2. The van der Waals surface area contributed by atoms with E-state index in [-0.39, 0.29) is 11.4 Å². The first-order valence-electron chi connectivity index (χ1n) is 6.40. The van der Waals surface area contributed by atoms with Crippen LogP contribution in [0, 0.1) is 16.7 Å². The molecule has 0 aliphatic carbocycles. The van der Waals surface area contributed by atoms with Crippen LogP contribution in [0.1, 0.15) is 48.5 Å². The summed E-state index contributed by atoms with van der Waals surface area (Å²) in [7, 11) is 0. The highest BCUT2D eigenvalue weighted by atomic mass is 16.5. The summed E-state index contributed by atoms with van der Waals surface area (Å²) in [5.41, 5.74) is -0.784. The van der Waals surface area contributed by atoms with E-state index in [0.29, 0.717) is 25.7 Å². The van der Waals surface area contributed by atoms with Crippen molar-refractivity contribution in [2.45, 2.75) is 48.5 Å². The van der Waals surface area contributed by atoms with Crippen molar-refractivity contribution in [3.05, 3.63) is 0 Å². The van der Waals surface area contributed by atoms with Crippen molar-refractivity contribution in [1.29, 1.82) is 0 Å². The van der Waals surface area contributed by atoms with E-state index in [9.17, 15) is 4.79 Å². The molecule has 0 aliphatic heterocycles. The maximum Gasteiger partial charge on any atom is 0.314 e. The molecule has 0 aromatic carbocycles. The van der Waals surface area contributed by atoms with E-state index >= 15 is 0 Å². The van der Waals surface area contributed by atoms with Gasteiger partial charge in [0.25, 0.3) is 0 Å². The van der Waals surface area contributed by atoms with Gasteiger partial charge >= 0.3 is 5.97 Å². The molecule has 3 nitrogen and oxygen atoms in total. The second-order valence-electron chi connectivity index (χ2n) is 6.21. The Morgan fingerprint density at radius 1 is 1.18 bits per heavy atom. The minimum Gasteiger partial charge on any atom is -0.465 e. The molecule has 0 saturated heterocycles. The predicted molar refractivity (Wildman–Crippen MR) is 69.9 cm³/mol. The molecule has 102 valence electrons. The highest BCUT2D eigenvalue weighted by molar-refractivity contribution is 5.77. The van der Waals surface area contributed by atoms with Crippen LogP contribution in [0.25, 0.3) is 0 Å². The molecular weight excluding hydrogens is 216 g/mol. The monoisotopic (exact) mass is 244 g/mol. The average molecular weight is 244 g/mol. The lowest BCUT2D eigenvalue weighted by Gasteiger charge is -2.39. The molecular formula is C14H28O3. The maximum atomic E-state index is 12.2. The molecule has 0 fully saturated rings. The first-order valence-corrected chi connectivity index (χ1v) is 6.40. The van der Waals surface area contributed by atoms with Gasteiger partial charge in [0.05, 0.1) is 18.6 Å². The SMILES string of the molecule is CCOCC(C)(C(=O)OCC(C)C)C(C)(C)C. The van der Waals surface area contributed by atoms with Gasteiger partial charge in [-0.2, -0.15) is 0 Å². The van der Waals surface area contributed by atoms with Gasteiger partial charge in [-0.05, 0) is 25.2 Å². The zero-order chi connectivity index (χ0) is 13.7. The predicted octanol–water partition coefficient (Wildman–Crippen LogP) is 3.27. The van der Waals surface area contributed by atoms with Crippen molar-refractivity contribution in [3.8, 4) is 0 Å². The van der Waals surface area contributed by atoms with E-state index in [4.69, 9.17) is 9.47 Å². The smallest absolute Gasteiger partial charge is 0.314 e. The Morgan fingerprint density at radius 2 is 1.71 bits per heavy atom. The fourth-order valence-electron chi connectivity index (χ4n) is 1.29. The third-order valence-corrected chi connectivity index (χ3v) is 3.25. The van der Waals surface area contributed by atoms with Gasteiger partial charge in [0.2, 0.25) is 0 Å². The van der Waals surface area contributed by atoms with E-state index < -0.39 is 5.41 Å². The van der Waals surface area contributed by atoms with Crippen LogP contribution in [-0.4, -0.2) is 25.8 Å². The number of hydrogen-bond donors (Lipinski definition) is 0. The van der Waals surface area contributed by atoms with Crippen molar-refractivity contribution < 1.29 is 14.3 Å². The van der Waals surface area contributed by atoms with Crippen LogP contribution < -0.4 is 0 Å². The molecule has 17 heavy (non-hydrogen) atoms. The summed E-state index contributed by atoms with van der Waals surface area (Å²) in [6.45, 7) is 15.5. The molecule has 0 N–H and O–H groups in total. The number of ether oxygens (including phenoxy) is 2. The van der Waals surface area contributed by atoms with Crippen molar-refractivity contribution in [2.75, 3.05) is 19.8 Å². The maximum absolute atomic E-state index is 12.2. The number of hydrogen-bond acceptors (Lipinski definition) is 3. The van der Waals surface area contributed by atoms with Crippen LogP contribution in [0.4, 0.5) is 0 Å². The zero-order valence-electron chi connectivity index (χ0n) is 12.4. The van der Waals surface area contributed by atoms with Crippen LogP contribution in [0.15, 0.2) is 0 Å². The van der Waals surface area contributed by atoms with Crippen molar-refractivity contribution >= 4 is 5.97 Å². The average Bonchev–Trinajstić information content (AvgIpc) is 2.20. The number of carbonyl (C=O) groups excluding carboxylic acids is 1. The third-order valence-electron chi connectivity index (χ3n) is 3.25. The second-order valence-corrected chi connectivity index (χ2v) is 6.21.